The highest BCUT2D eigenvalue weighted by atomic mass is 16.2. The van der Waals surface area contributed by atoms with Crippen LogP contribution in [-0.2, 0) is 17.9 Å². The third-order valence-corrected chi connectivity index (χ3v) is 5.29. The highest BCUT2D eigenvalue weighted by Gasteiger charge is 2.17. The Hall–Kier alpha value is -1.39. The molecule has 3 rings (SSSR count). The van der Waals surface area contributed by atoms with Crippen molar-refractivity contribution in [2.75, 3.05) is 39.3 Å². The second kappa shape index (κ2) is 8.63. The Morgan fingerprint density at radius 2 is 1.46 bits per heavy atom. The minimum atomic E-state index is 0.209. The molecule has 2 fully saturated rings. The van der Waals surface area contributed by atoms with Crippen molar-refractivity contribution in [3.63, 3.8) is 0 Å². The molecule has 0 radical (unpaired) electrons. The Balaban J connectivity index is 1.55. The largest absolute Gasteiger partial charge is 0.342 e. The van der Waals surface area contributed by atoms with Crippen molar-refractivity contribution >= 4 is 5.91 Å². The van der Waals surface area contributed by atoms with Crippen LogP contribution < -0.4 is 0 Å². The molecule has 2 aliphatic heterocycles. The number of benzene rings is 1. The smallest absolute Gasteiger partial charge is 0.219 e. The van der Waals surface area contributed by atoms with E-state index in [0.29, 0.717) is 0 Å². The average molecular weight is 329 g/mol. The molecule has 0 aliphatic carbocycles. The summed E-state index contributed by atoms with van der Waals surface area (Å²) in [6, 6.07) is 9.09. The summed E-state index contributed by atoms with van der Waals surface area (Å²) < 4.78 is 0. The first-order chi connectivity index (χ1) is 11.7. The van der Waals surface area contributed by atoms with E-state index < -0.39 is 0 Å². The topological polar surface area (TPSA) is 26.8 Å². The molecule has 0 atom stereocenters. The molecule has 2 heterocycles. The van der Waals surface area contributed by atoms with Crippen molar-refractivity contribution in [3.8, 4) is 0 Å². The van der Waals surface area contributed by atoms with Gasteiger partial charge in [-0.05, 0) is 43.5 Å². The van der Waals surface area contributed by atoms with Gasteiger partial charge >= 0.3 is 0 Å². The van der Waals surface area contributed by atoms with Gasteiger partial charge in [0.15, 0.2) is 0 Å². The fourth-order valence-corrected chi connectivity index (χ4v) is 3.90. The van der Waals surface area contributed by atoms with E-state index in [1.54, 1.807) is 6.92 Å². The maximum Gasteiger partial charge on any atom is 0.219 e. The molecule has 0 bridgehead atoms. The molecule has 4 heteroatoms. The van der Waals surface area contributed by atoms with Crippen LogP contribution in [0, 0.1) is 0 Å². The van der Waals surface area contributed by atoms with Crippen LogP contribution in [0.5, 0.6) is 0 Å². The van der Waals surface area contributed by atoms with Gasteiger partial charge < -0.3 is 4.90 Å². The van der Waals surface area contributed by atoms with Gasteiger partial charge in [0.1, 0.15) is 0 Å². The van der Waals surface area contributed by atoms with E-state index in [9.17, 15) is 4.79 Å². The number of likely N-dealkylation sites (tertiary alicyclic amines) is 1. The van der Waals surface area contributed by atoms with Crippen LogP contribution in [0.4, 0.5) is 0 Å². The minimum Gasteiger partial charge on any atom is -0.342 e. The third kappa shape index (κ3) is 5.05. The molecule has 4 nitrogen and oxygen atoms in total. The number of piperidine rings is 1. The zero-order valence-corrected chi connectivity index (χ0v) is 15.0. The van der Waals surface area contributed by atoms with Gasteiger partial charge in [-0.25, -0.2) is 0 Å². The Labute approximate surface area is 146 Å². The lowest BCUT2D eigenvalue weighted by Gasteiger charge is -2.27. The van der Waals surface area contributed by atoms with Crippen molar-refractivity contribution in [1.82, 2.24) is 14.7 Å². The molecule has 0 saturated carbocycles. The van der Waals surface area contributed by atoms with Gasteiger partial charge in [0, 0.05) is 46.2 Å². The normalized spacial score (nSPS) is 20.8. The van der Waals surface area contributed by atoms with Gasteiger partial charge in [-0.15, -0.1) is 0 Å². The number of hydrogen-bond donors (Lipinski definition) is 0. The summed E-state index contributed by atoms with van der Waals surface area (Å²) in [5.74, 6) is 0.209. The maximum absolute atomic E-state index is 11.6. The van der Waals surface area contributed by atoms with E-state index in [1.165, 1.54) is 43.5 Å². The molecule has 0 unspecified atom stereocenters. The quantitative estimate of drug-likeness (QED) is 0.850. The Morgan fingerprint density at radius 3 is 2.12 bits per heavy atom. The fourth-order valence-electron chi connectivity index (χ4n) is 3.90. The van der Waals surface area contributed by atoms with Gasteiger partial charge in [0.25, 0.3) is 0 Å². The van der Waals surface area contributed by atoms with Crippen molar-refractivity contribution in [3.05, 3.63) is 35.4 Å². The van der Waals surface area contributed by atoms with Crippen LogP contribution in [0.3, 0.4) is 0 Å². The zero-order valence-electron chi connectivity index (χ0n) is 15.0. The number of carbonyl (C=O) groups is 1. The summed E-state index contributed by atoms with van der Waals surface area (Å²) in [6.45, 7) is 10.1. The average Bonchev–Trinajstić information content (AvgIpc) is 2.82. The van der Waals surface area contributed by atoms with Crippen LogP contribution >= 0.6 is 0 Å². The first kappa shape index (κ1) is 17.4. The van der Waals surface area contributed by atoms with Gasteiger partial charge in [0.2, 0.25) is 5.91 Å². The second-order valence-electron chi connectivity index (χ2n) is 7.29. The van der Waals surface area contributed by atoms with Crippen LogP contribution in [0.1, 0.15) is 43.7 Å². The van der Waals surface area contributed by atoms with Crippen molar-refractivity contribution in [2.24, 2.45) is 0 Å². The minimum absolute atomic E-state index is 0.209. The molecule has 1 amide bonds. The molecular formula is C20H31N3O. The van der Waals surface area contributed by atoms with Crippen LogP contribution in [0.15, 0.2) is 24.3 Å². The number of carbonyl (C=O) groups excluding carboxylic acids is 1. The molecule has 1 aromatic rings. The van der Waals surface area contributed by atoms with Crippen molar-refractivity contribution < 1.29 is 4.79 Å². The molecule has 0 aromatic heterocycles. The monoisotopic (exact) mass is 329 g/mol. The van der Waals surface area contributed by atoms with Crippen molar-refractivity contribution in [1.29, 1.82) is 0 Å². The van der Waals surface area contributed by atoms with E-state index in [2.05, 4.69) is 34.1 Å². The summed E-state index contributed by atoms with van der Waals surface area (Å²) in [6.07, 6.45) is 5.16. The molecule has 2 saturated heterocycles. The van der Waals surface area contributed by atoms with E-state index in [-0.39, 0.29) is 5.91 Å². The number of hydrogen-bond acceptors (Lipinski definition) is 3. The predicted octanol–water partition coefficient (Wildman–Crippen LogP) is 2.73. The Kier molecular flexibility index (Phi) is 6.27. The summed E-state index contributed by atoms with van der Waals surface area (Å²) in [5, 5.41) is 0. The number of rotatable bonds is 4. The maximum atomic E-state index is 11.6. The first-order valence-corrected chi connectivity index (χ1v) is 9.49. The van der Waals surface area contributed by atoms with Gasteiger partial charge in [-0.3, -0.25) is 14.6 Å². The Bertz CT molecular complexity index is 539. The summed E-state index contributed by atoms with van der Waals surface area (Å²) in [5.41, 5.74) is 2.84. The van der Waals surface area contributed by atoms with Gasteiger partial charge in [-0.2, -0.15) is 0 Å². The summed E-state index contributed by atoms with van der Waals surface area (Å²) >= 11 is 0. The van der Waals surface area contributed by atoms with Gasteiger partial charge in [-0.1, -0.05) is 30.7 Å². The number of nitrogens with zero attached hydrogens (tertiary/aromatic N) is 3. The second-order valence-corrected chi connectivity index (χ2v) is 7.29. The summed E-state index contributed by atoms with van der Waals surface area (Å²) in [4.78, 5) is 18.6. The SMILES string of the molecule is CC(=O)N1CCCN(Cc2cccc(CN3CCCCC3)c2)CC1. The molecule has 2 aliphatic rings. The van der Waals surface area contributed by atoms with Crippen molar-refractivity contribution in [2.45, 2.75) is 45.7 Å². The lowest BCUT2D eigenvalue weighted by Crippen LogP contribution is -2.33. The van der Waals surface area contributed by atoms with Crippen LogP contribution in [0.25, 0.3) is 0 Å². The Morgan fingerprint density at radius 1 is 0.833 bits per heavy atom. The lowest BCUT2D eigenvalue weighted by atomic mass is 10.1. The lowest BCUT2D eigenvalue weighted by molar-refractivity contribution is -0.128. The third-order valence-electron chi connectivity index (χ3n) is 5.29. The highest BCUT2D eigenvalue weighted by Crippen LogP contribution is 2.15. The van der Waals surface area contributed by atoms with E-state index in [1.807, 2.05) is 4.90 Å². The standard InChI is InChI=1S/C20H31N3O/c1-18(24)23-12-6-11-22(13-14-23)17-20-8-5-7-19(15-20)16-21-9-3-2-4-10-21/h5,7-8,15H,2-4,6,9-14,16-17H2,1H3. The summed E-state index contributed by atoms with van der Waals surface area (Å²) in [7, 11) is 0. The fraction of sp³-hybridized carbons (Fsp3) is 0.650. The van der Waals surface area contributed by atoms with Crippen LogP contribution in [-0.4, -0.2) is 59.9 Å². The molecule has 132 valence electrons. The van der Waals surface area contributed by atoms with E-state index in [0.717, 1.165) is 45.7 Å². The number of amides is 1. The molecule has 24 heavy (non-hydrogen) atoms. The van der Waals surface area contributed by atoms with Gasteiger partial charge in [0.05, 0.1) is 0 Å². The molecule has 0 spiro atoms. The van der Waals surface area contributed by atoms with E-state index in [4.69, 9.17) is 0 Å². The first-order valence-electron chi connectivity index (χ1n) is 9.49. The highest BCUT2D eigenvalue weighted by molar-refractivity contribution is 5.73. The van der Waals surface area contributed by atoms with Crippen LogP contribution in [0.2, 0.25) is 0 Å². The van der Waals surface area contributed by atoms with E-state index >= 15 is 0 Å². The predicted molar refractivity (Wildman–Crippen MR) is 97.7 cm³/mol. The molecule has 1 aromatic carbocycles. The molecule has 0 N–H and O–H groups in total. The zero-order chi connectivity index (χ0) is 16.8. The molecular weight excluding hydrogens is 298 g/mol.